The van der Waals surface area contributed by atoms with E-state index in [9.17, 15) is 14.0 Å². The largest absolute Gasteiger partial charge is 0.440 e. The second kappa shape index (κ2) is 9.03. The van der Waals surface area contributed by atoms with Crippen LogP contribution in [0.2, 0.25) is 0 Å². The van der Waals surface area contributed by atoms with Crippen molar-refractivity contribution in [1.82, 2.24) is 20.4 Å². The predicted octanol–water partition coefficient (Wildman–Crippen LogP) is 3.95. The Balaban J connectivity index is 1.51. The number of amides is 2. The summed E-state index contributed by atoms with van der Waals surface area (Å²) >= 11 is 0. The van der Waals surface area contributed by atoms with Crippen molar-refractivity contribution in [1.29, 1.82) is 0 Å². The zero-order valence-electron chi connectivity index (χ0n) is 18.7. The number of aromatic amines is 1. The second-order valence-electron chi connectivity index (χ2n) is 8.37. The first-order valence-electron chi connectivity index (χ1n) is 10.6. The molecule has 0 saturated carbocycles. The minimum absolute atomic E-state index is 0.220. The Morgan fingerprint density at radius 2 is 1.88 bits per heavy atom. The van der Waals surface area contributed by atoms with Gasteiger partial charge in [-0.3, -0.25) is 14.8 Å². The Kier molecular flexibility index (Phi) is 6.15. The number of rotatable bonds is 6. The predicted molar refractivity (Wildman–Crippen MR) is 121 cm³/mol. The number of nitrogens with one attached hydrogen (secondary N) is 3. The van der Waals surface area contributed by atoms with Crippen LogP contribution in [0.25, 0.3) is 0 Å². The molecule has 3 N–H and O–H groups in total. The summed E-state index contributed by atoms with van der Waals surface area (Å²) in [6.45, 7) is 4.46. The highest BCUT2D eigenvalue weighted by Crippen LogP contribution is 2.41. The van der Waals surface area contributed by atoms with Gasteiger partial charge in [-0.05, 0) is 50.7 Å². The van der Waals surface area contributed by atoms with E-state index in [1.54, 1.807) is 11.9 Å². The summed E-state index contributed by atoms with van der Waals surface area (Å²) in [6.07, 6.45) is -0.918. The number of H-pyrrole nitrogens is 1. The van der Waals surface area contributed by atoms with Gasteiger partial charge in [-0.2, -0.15) is 5.10 Å². The van der Waals surface area contributed by atoms with Gasteiger partial charge in [-0.1, -0.05) is 30.3 Å². The van der Waals surface area contributed by atoms with E-state index in [2.05, 4.69) is 20.8 Å². The van der Waals surface area contributed by atoms with Crippen LogP contribution in [0.15, 0.2) is 54.6 Å². The fourth-order valence-corrected chi connectivity index (χ4v) is 3.96. The first-order chi connectivity index (χ1) is 15.8. The summed E-state index contributed by atoms with van der Waals surface area (Å²) in [6, 6.07) is 14.8. The second-order valence-corrected chi connectivity index (χ2v) is 8.37. The maximum Gasteiger partial charge on any atom is 0.411 e. The first-order valence-corrected chi connectivity index (χ1v) is 10.6. The van der Waals surface area contributed by atoms with Crippen molar-refractivity contribution < 1.29 is 18.7 Å². The Morgan fingerprint density at radius 1 is 1.18 bits per heavy atom. The molecule has 33 heavy (non-hydrogen) atoms. The molecule has 1 aliphatic heterocycles. The molecule has 3 aromatic rings. The van der Waals surface area contributed by atoms with Crippen LogP contribution < -0.4 is 10.6 Å². The summed E-state index contributed by atoms with van der Waals surface area (Å²) in [5.74, 6) is -0.506. The maximum atomic E-state index is 13.2. The molecule has 1 atom stereocenters. The monoisotopic (exact) mass is 451 g/mol. The van der Waals surface area contributed by atoms with Crippen molar-refractivity contribution >= 4 is 17.8 Å². The van der Waals surface area contributed by atoms with Crippen LogP contribution >= 0.6 is 0 Å². The van der Waals surface area contributed by atoms with Gasteiger partial charge in [0.05, 0.1) is 17.8 Å². The average molecular weight is 452 g/mol. The number of carbonyl (C=O) groups excluding carboxylic acids is 2. The third-order valence-electron chi connectivity index (χ3n) is 5.83. The van der Waals surface area contributed by atoms with Crippen molar-refractivity contribution in [3.8, 4) is 0 Å². The van der Waals surface area contributed by atoms with E-state index >= 15 is 0 Å². The van der Waals surface area contributed by atoms with Crippen LogP contribution in [0.1, 0.15) is 47.1 Å². The molecule has 0 aliphatic carbocycles. The van der Waals surface area contributed by atoms with E-state index in [0.29, 0.717) is 23.5 Å². The molecule has 2 amide bonds. The summed E-state index contributed by atoms with van der Waals surface area (Å²) in [4.78, 5) is 27.4. The van der Waals surface area contributed by atoms with Crippen LogP contribution in [0.4, 0.5) is 15.0 Å². The molecule has 0 unspecified atom stereocenters. The summed E-state index contributed by atoms with van der Waals surface area (Å²) in [5.41, 5.74) is 1.90. The molecule has 172 valence electrons. The zero-order valence-corrected chi connectivity index (χ0v) is 18.7. The van der Waals surface area contributed by atoms with Crippen LogP contribution in [-0.2, 0) is 16.8 Å². The van der Waals surface area contributed by atoms with Gasteiger partial charge in [0.15, 0.2) is 5.82 Å². The highest BCUT2D eigenvalue weighted by Gasteiger charge is 2.45. The standard InChI is InChI=1S/C24H26FN5O3/c1-24(2)20-18(21(29-28-20)27-22(31)16-9-11-17(25)12-10-16)14-30(24)23(32)33-19(13-26-3)15-7-5-4-6-8-15/h4-12,19,26H,13-14H2,1-3H3,(H2,27,28,29,31)/t19-/m1/s1. The fourth-order valence-electron chi connectivity index (χ4n) is 3.96. The number of hydrogen-bond acceptors (Lipinski definition) is 5. The number of likely N-dealkylation sites (N-methyl/N-ethyl adjacent to an activating group) is 1. The number of carbonyl (C=O) groups is 2. The van der Waals surface area contributed by atoms with Gasteiger partial charge in [0.1, 0.15) is 11.9 Å². The lowest BCUT2D eigenvalue weighted by Crippen LogP contribution is -2.42. The highest BCUT2D eigenvalue weighted by atomic mass is 19.1. The Morgan fingerprint density at radius 3 is 2.55 bits per heavy atom. The number of ether oxygens (including phenoxy) is 1. The lowest BCUT2D eigenvalue weighted by Gasteiger charge is -2.32. The van der Waals surface area contributed by atoms with Gasteiger partial charge >= 0.3 is 6.09 Å². The number of anilines is 1. The molecular formula is C24H26FN5O3. The molecule has 2 aromatic carbocycles. The first kappa shape index (κ1) is 22.5. The molecule has 0 fully saturated rings. The Hall–Kier alpha value is -3.72. The minimum atomic E-state index is -0.723. The molecule has 0 bridgehead atoms. The molecule has 1 aliphatic rings. The molecule has 4 rings (SSSR count). The number of benzene rings is 2. The van der Waals surface area contributed by atoms with Gasteiger partial charge in [0.2, 0.25) is 0 Å². The number of aromatic nitrogens is 2. The van der Waals surface area contributed by atoms with Crippen LogP contribution in [0.3, 0.4) is 0 Å². The summed E-state index contributed by atoms with van der Waals surface area (Å²) in [5, 5.41) is 13.0. The molecular weight excluding hydrogens is 425 g/mol. The van der Waals surface area contributed by atoms with Crippen molar-refractivity contribution in [3.63, 3.8) is 0 Å². The smallest absolute Gasteiger partial charge is 0.411 e. The lowest BCUT2D eigenvalue weighted by molar-refractivity contribution is 0.0349. The van der Waals surface area contributed by atoms with E-state index in [-0.39, 0.29) is 6.54 Å². The molecule has 0 spiro atoms. The van der Waals surface area contributed by atoms with E-state index < -0.39 is 29.5 Å². The molecule has 1 aromatic heterocycles. The molecule has 8 nitrogen and oxygen atoms in total. The average Bonchev–Trinajstić information content (AvgIpc) is 3.32. The van der Waals surface area contributed by atoms with Crippen LogP contribution in [-0.4, -0.2) is 40.7 Å². The van der Waals surface area contributed by atoms with Gasteiger partial charge in [-0.15, -0.1) is 0 Å². The number of fused-ring (bicyclic) bond motifs is 1. The zero-order chi connectivity index (χ0) is 23.6. The van der Waals surface area contributed by atoms with Crippen molar-refractivity contribution in [2.24, 2.45) is 0 Å². The number of halogens is 1. The van der Waals surface area contributed by atoms with Crippen LogP contribution in [0, 0.1) is 5.82 Å². The van der Waals surface area contributed by atoms with Gasteiger partial charge in [0.25, 0.3) is 5.91 Å². The van der Waals surface area contributed by atoms with Crippen molar-refractivity contribution in [3.05, 3.63) is 82.8 Å². The molecule has 0 saturated heterocycles. The van der Waals surface area contributed by atoms with Crippen molar-refractivity contribution in [2.45, 2.75) is 32.0 Å². The quantitative estimate of drug-likeness (QED) is 0.527. The molecule has 9 heteroatoms. The molecule has 0 radical (unpaired) electrons. The maximum absolute atomic E-state index is 13.2. The summed E-state index contributed by atoms with van der Waals surface area (Å²) < 4.78 is 19.0. The number of hydrogen-bond donors (Lipinski definition) is 3. The van der Waals surface area contributed by atoms with E-state index in [1.807, 2.05) is 44.2 Å². The van der Waals surface area contributed by atoms with Gasteiger partial charge in [0, 0.05) is 17.7 Å². The van der Waals surface area contributed by atoms with E-state index in [1.165, 1.54) is 24.3 Å². The van der Waals surface area contributed by atoms with Crippen LogP contribution in [0.5, 0.6) is 0 Å². The van der Waals surface area contributed by atoms with Crippen molar-refractivity contribution in [2.75, 3.05) is 18.9 Å². The van der Waals surface area contributed by atoms with E-state index in [4.69, 9.17) is 4.74 Å². The highest BCUT2D eigenvalue weighted by molar-refractivity contribution is 6.04. The minimum Gasteiger partial charge on any atom is -0.440 e. The Labute approximate surface area is 191 Å². The Bertz CT molecular complexity index is 1140. The van der Waals surface area contributed by atoms with E-state index in [0.717, 1.165) is 11.3 Å². The third kappa shape index (κ3) is 4.45. The van der Waals surface area contributed by atoms with Gasteiger partial charge in [-0.25, -0.2) is 9.18 Å². The third-order valence-corrected chi connectivity index (χ3v) is 5.83. The lowest BCUT2D eigenvalue weighted by atomic mass is 10.0. The number of nitrogens with zero attached hydrogens (tertiary/aromatic N) is 2. The summed E-state index contributed by atoms with van der Waals surface area (Å²) in [7, 11) is 1.80. The topological polar surface area (TPSA) is 99.3 Å². The SMILES string of the molecule is CNC[C@@H](OC(=O)N1Cc2c(NC(=O)c3ccc(F)cc3)n[nH]c2C1(C)C)c1ccccc1. The normalized spacial score (nSPS) is 15.1. The fraction of sp³-hybridized carbons (Fsp3) is 0.292. The molecule has 2 heterocycles. The van der Waals surface area contributed by atoms with Gasteiger partial charge < -0.3 is 15.4 Å².